The Labute approximate surface area is 151 Å². The molecule has 1 aromatic rings. The molecule has 0 radical (unpaired) electrons. The first-order valence-electron chi connectivity index (χ1n) is 8.80. The standard InChI is InChI=1S/C18H22N2O6/c1-12-6-7-13(10-15(12)20(23)24)18(22)26-11-17(21)19-8-9-25-16-5-3-2-4-14(16)19/h6-7,10,14,16H,2-5,8-9,11H2,1H3/t14-,16-/m0/s1. The van der Waals surface area contributed by atoms with E-state index >= 15 is 0 Å². The smallest absolute Gasteiger partial charge is 0.338 e. The van der Waals surface area contributed by atoms with Gasteiger partial charge in [-0.25, -0.2) is 4.79 Å². The molecule has 8 heteroatoms. The summed E-state index contributed by atoms with van der Waals surface area (Å²) in [6.07, 6.45) is 4.07. The van der Waals surface area contributed by atoms with Crippen molar-refractivity contribution in [3.63, 3.8) is 0 Å². The quantitative estimate of drug-likeness (QED) is 0.463. The maximum absolute atomic E-state index is 12.5. The van der Waals surface area contributed by atoms with Crippen LogP contribution in [-0.4, -0.2) is 53.6 Å². The molecule has 2 atom stereocenters. The third kappa shape index (κ3) is 3.85. The van der Waals surface area contributed by atoms with E-state index in [4.69, 9.17) is 9.47 Å². The van der Waals surface area contributed by atoms with Gasteiger partial charge >= 0.3 is 5.97 Å². The fourth-order valence-electron chi connectivity index (χ4n) is 3.63. The van der Waals surface area contributed by atoms with Gasteiger partial charge in [-0.05, 0) is 25.8 Å². The summed E-state index contributed by atoms with van der Waals surface area (Å²) in [5, 5.41) is 11.0. The summed E-state index contributed by atoms with van der Waals surface area (Å²) in [5.41, 5.74) is 0.371. The summed E-state index contributed by atoms with van der Waals surface area (Å²) in [6.45, 7) is 2.21. The van der Waals surface area contributed by atoms with Crippen LogP contribution in [0.1, 0.15) is 41.6 Å². The highest BCUT2D eigenvalue weighted by atomic mass is 16.6. The van der Waals surface area contributed by atoms with Crippen molar-refractivity contribution in [3.05, 3.63) is 39.4 Å². The lowest BCUT2D eigenvalue weighted by Gasteiger charge is -2.43. The van der Waals surface area contributed by atoms with Crippen LogP contribution in [0.2, 0.25) is 0 Å². The lowest BCUT2D eigenvalue weighted by atomic mass is 9.90. The molecule has 140 valence electrons. The van der Waals surface area contributed by atoms with Crippen LogP contribution in [0.3, 0.4) is 0 Å². The topological polar surface area (TPSA) is 99.0 Å². The van der Waals surface area contributed by atoms with Gasteiger partial charge in [-0.2, -0.15) is 0 Å². The van der Waals surface area contributed by atoms with Crippen LogP contribution in [0, 0.1) is 17.0 Å². The second-order valence-corrected chi connectivity index (χ2v) is 6.68. The molecule has 0 spiro atoms. The first-order valence-corrected chi connectivity index (χ1v) is 8.80. The van der Waals surface area contributed by atoms with E-state index in [1.54, 1.807) is 11.8 Å². The average molecular weight is 362 g/mol. The molecule has 0 N–H and O–H groups in total. The molecule has 1 aliphatic heterocycles. The number of benzene rings is 1. The van der Waals surface area contributed by atoms with E-state index in [0.29, 0.717) is 18.7 Å². The Morgan fingerprint density at radius 2 is 2.12 bits per heavy atom. The van der Waals surface area contributed by atoms with E-state index in [1.807, 2.05) is 0 Å². The molecule has 1 aliphatic carbocycles. The van der Waals surface area contributed by atoms with Crippen molar-refractivity contribution in [1.82, 2.24) is 4.90 Å². The molecule has 26 heavy (non-hydrogen) atoms. The second kappa shape index (κ2) is 7.82. The predicted octanol–water partition coefficient (Wildman–Crippen LogP) is 2.23. The SMILES string of the molecule is Cc1ccc(C(=O)OCC(=O)N2CCO[C@H]3CCCC[C@@H]32)cc1[N+](=O)[O-]. The summed E-state index contributed by atoms with van der Waals surface area (Å²) in [5.74, 6) is -0.991. The third-order valence-corrected chi connectivity index (χ3v) is 5.02. The molecule has 3 rings (SSSR count). The Morgan fingerprint density at radius 1 is 1.35 bits per heavy atom. The number of carbonyl (C=O) groups is 2. The van der Waals surface area contributed by atoms with Gasteiger partial charge in [-0.3, -0.25) is 14.9 Å². The van der Waals surface area contributed by atoms with Gasteiger partial charge in [0, 0.05) is 18.2 Å². The van der Waals surface area contributed by atoms with E-state index in [9.17, 15) is 19.7 Å². The average Bonchev–Trinajstić information content (AvgIpc) is 2.65. The molecule has 1 heterocycles. The summed E-state index contributed by atoms with van der Waals surface area (Å²) in [6, 6.07) is 4.17. The van der Waals surface area contributed by atoms with Gasteiger partial charge in [0.25, 0.3) is 11.6 Å². The minimum absolute atomic E-state index is 0.0455. The molecule has 8 nitrogen and oxygen atoms in total. The zero-order valence-electron chi connectivity index (χ0n) is 14.7. The number of hydrogen-bond acceptors (Lipinski definition) is 6. The van der Waals surface area contributed by atoms with Crippen LogP contribution in [0.4, 0.5) is 5.69 Å². The molecular formula is C18H22N2O6. The summed E-state index contributed by atoms with van der Waals surface area (Å²) in [7, 11) is 0. The molecule has 1 aromatic carbocycles. The van der Waals surface area contributed by atoms with Crippen LogP contribution < -0.4 is 0 Å². The Hall–Kier alpha value is -2.48. The number of nitro groups is 1. The van der Waals surface area contributed by atoms with Gasteiger partial charge in [0.2, 0.25) is 0 Å². The molecule has 2 fully saturated rings. The van der Waals surface area contributed by atoms with Crippen LogP contribution >= 0.6 is 0 Å². The minimum Gasteiger partial charge on any atom is -0.452 e. The zero-order valence-corrected chi connectivity index (χ0v) is 14.7. The highest BCUT2D eigenvalue weighted by molar-refractivity contribution is 5.92. The summed E-state index contributed by atoms with van der Waals surface area (Å²) < 4.78 is 10.8. The van der Waals surface area contributed by atoms with Crippen molar-refractivity contribution in [1.29, 1.82) is 0 Å². The van der Waals surface area contributed by atoms with Crippen molar-refractivity contribution < 1.29 is 24.0 Å². The monoisotopic (exact) mass is 362 g/mol. The predicted molar refractivity (Wildman–Crippen MR) is 91.8 cm³/mol. The Balaban J connectivity index is 1.61. The van der Waals surface area contributed by atoms with Crippen molar-refractivity contribution in [2.24, 2.45) is 0 Å². The van der Waals surface area contributed by atoms with Crippen LogP contribution in [0.15, 0.2) is 18.2 Å². The van der Waals surface area contributed by atoms with E-state index in [0.717, 1.165) is 25.7 Å². The molecule has 1 saturated carbocycles. The highest BCUT2D eigenvalue weighted by Gasteiger charge is 2.36. The summed E-state index contributed by atoms with van der Waals surface area (Å²) in [4.78, 5) is 36.8. The highest BCUT2D eigenvalue weighted by Crippen LogP contribution is 2.28. The van der Waals surface area contributed by atoms with Crippen molar-refractivity contribution >= 4 is 17.6 Å². The molecule has 2 aliphatic rings. The number of rotatable bonds is 4. The number of nitrogens with zero attached hydrogens (tertiary/aromatic N) is 2. The number of aryl methyl sites for hydroxylation is 1. The fraction of sp³-hybridized carbons (Fsp3) is 0.556. The number of esters is 1. The number of morpholine rings is 1. The molecule has 0 unspecified atom stereocenters. The fourth-order valence-corrected chi connectivity index (χ4v) is 3.63. The molecule has 0 aromatic heterocycles. The van der Waals surface area contributed by atoms with Crippen LogP contribution in [0.25, 0.3) is 0 Å². The molecule has 0 bridgehead atoms. The number of ether oxygens (including phenoxy) is 2. The van der Waals surface area contributed by atoms with Crippen molar-refractivity contribution in [3.8, 4) is 0 Å². The number of nitro benzene ring substituents is 1. The number of amides is 1. The third-order valence-electron chi connectivity index (χ3n) is 5.02. The van der Waals surface area contributed by atoms with E-state index < -0.39 is 10.9 Å². The lowest BCUT2D eigenvalue weighted by Crippen LogP contribution is -2.55. The summed E-state index contributed by atoms with van der Waals surface area (Å²) >= 11 is 0. The van der Waals surface area contributed by atoms with Crippen LogP contribution in [-0.2, 0) is 14.3 Å². The lowest BCUT2D eigenvalue weighted by molar-refractivity contribution is -0.385. The van der Waals surface area contributed by atoms with Gasteiger partial charge in [0.05, 0.1) is 29.2 Å². The zero-order chi connectivity index (χ0) is 18.7. The Bertz CT molecular complexity index is 718. The first kappa shape index (κ1) is 18.3. The van der Waals surface area contributed by atoms with Gasteiger partial charge < -0.3 is 14.4 Å². The van der Waals surface area contributed by atoms with E-state index in [1.165, 1.54) is 18.2 Å². The van der Waals surface area contributed by atoms with Crippen molar-refractivity contribution in [2.75, 3.05) is 19.8 Å². The van der Waals surface area contributed by atoms with Gasteiger partial charge in [0.15, 0.2) is 6.61 Å². The molecule has 1 amide bonds. The first-order chi connectivity index (χ1) is 12.5. The normalized spacial score (nSPS) is 22.4. The Morgan fingerprint density at radius 3 is 2.88 bits per heavy atom. The second-order valence-electron chi connectivity index (χ2n) is 6.68. The Kier molecular flexibility index (Phi) is 5.51. The largest absolute Gasteiger partial charge is 0.452 e. The van der Waals surface area contributed by atoms with Gasteiger partial charge in [0.1, 0.15) is 0 Å². The maximum Gasteiger partial charge on any atom is 0.338 e. The van der Waals surface area contributed by atoms with Gasteiger partial charge in [-0.15, -0.1) is 0 Å². The maximum atomic E-state index is 12.5. The number of fused-ring (bicyclic) bond motifs is 1. The van der Waals surface area contributed by atoms with Crippen molar-refractivity contribution in [2.45, 2.75) is 44.8 Å². The van der Waals surface area contributed by atoms with E-state index in [-0.39, 0.29) is 35.9 Å². The number of hydrogen-bond donors (Lipinski definition) is 0. The molecule has 1 saturated heterocycles. The van der Waals surface area contributed by atoms with Crippen LogP contribution in [0.5, 0.6) is 0 Å². The van der Waals surface area contributed by atoms with Gasteiger partial charge in [-0.1, -0.05) is 18.9 Å². The number of carbonyl (C=O) groups excluding carboxylic acids is 2. The van der Waals surface area contributed by atoms with E-state index in [2.05, 4.69) is 0 Å². The minimum atomic E-state index is -0.741. The molecular weight excluding hydrogens is 340 g/mol.